The normalized spacial score (nSPS) is 21.4. The minimum absolute atomic E-state index is 0.0157. The van der Waals surface area contributed by atoms with Gasteiger partial charge in [-0.1, -0.05) is 43.3 Å². The minimum atomic E-state index is -3.54. The lowest BCUT2D eigenvalue weighted by Crippen LogP contribution is -2.39. The zero-order chi connectivity index (χ0) is 14.8. The lowest BCUT2D eigenvalue weighted by molar-refractivity contribution is 0.342. The van der Waals surface area contributed by atoms with Crippen molar-refractivity contribution in [2.75, 3.05) is 6.54 Å². The van der Waals surface area contributed by atoms with Crippen LogP contribution in [0.1, 0.15) is 38.2 Å². The Morgan fingerprint density at radius 1 is 1.30 bits per heavy atom. The Morgan fingerprint density at radius 2 is 2.00 bits per heavy atom. The molecule has 0 saturated carbocycles. The fourth-order valence-corrected chi connectivity index (χ4v) is 4.78. The van der Waals surface area contributed by atoms with Crippen LogP contribution in [0.4, 0.5) is 0 Å². The zero-order valence-electron chi connectivity index (χ0n) is 11.6. The van der Waals surface area contributed by atoms with Crippen LogP contribution in [0.25, 0.3) is 0 Å². The van der Waals surface area contributed by atoms with Crippen LogP contribution in [-0.2, 0) is 10.0 Å². The van der Waals surface area contributed by atoms with Gasteiger partial charge < -0.3 is 5.73 Å². The number of nitrogens with two attached hydrogens (primary N) is 1. The number of thiocarbonyl (C=S) groups is 1. The van der Waals surface area contributed by atoms with E-state index in [2.05, 4.69) is 0 Å². The molecule has 20 heavy (non-hydrogen) atoms. The van der Waals surface area contributed by atoms with Gasteiger partial charge in [-0.25, -0.2) is 8.42 Å². The van der Waals surface area contributed by atoms with Crippen molar-refractivity contribution in [2.24, 2.45) is 5.73 Å². The lowest BCUT2D eigenvalue weighted by atomic mass is 10.1. The fourth-order valence-electron chi connectivity index (χ4n) is 2.63. The maximum atomic E-state index is 12.9. The van der Waals surface area contributed by atoms with Gasteiger partial charge in [-0.2, -0.15) is 4.31 Å². The summed E-state index contributed by atoms with van der Waals surface area (Å²) in [6.45, 7) is 2.53. The van der Waals surface area contributed by atoms with Gasteiger partial charge in [0, 0.05) is 18.2 Å². The standard InChI is InChI=1S/C14H20N2O2S2/c1-11-7-3-2-6-10-16(11)20(17,18)13-9-5-4-8-12(13)14(15)19/h4-5,8-9,11H,2-3,6-7,10H2,1H3,(H2,15,19). The second-order valence-electron chi connectivity index (χ2n) is 5.17. The average Bonchev–Trinajstić information content (AvgIpc) is 2.63. The number of rotatable bonds is 3. The summed E-state index contributed by atoms with van der Waals surface area (Å²) < 4.78 is 27.4. The molecule has 1 fully saturated rings. The molecule has 4 nitrogen and oxygen atoms in total. The summed E-state index contributed by atoms with van der Waals surface area (Å²) in [6, 6.07) is 6.72. The number of sulfonamides is 1. The second kappa shape index (κ2) is 6.20. The highest BCUT2D eigenvalue weighted by Crippen LogP contribution is 2.26. The largest absolute Gasteiger partial charge is 0.389 e. The summed E-state index contributed by atoms with van der Waals surface area (Å²) in [6.07, 6.45) is 3.95. The molecule has 0 radical (unpaired) electrons. The molecule has 1 aromatic rings. The van der Waals surface area contributed by atoms with Gasteiger partial charge in [-0.3, -0.25) is 0 Å². The van der Waals surface area contributed by atoms with Gasteiger partial charge >= 0.3 is 0 Å². The summed E-state index contributed by atoms with van der Waals surface area (Å²) in [5, 5.41) is 0. The van der Waals surface area contributed by atoms with Crippen LogP contribution < -0.4 is 5.73 Å². The summed E-state index contributed by atoms with van der Waals surface area (Å²) in [7, 11) is -3.54. The first-order valence-corrected chi connectivity index (χ1v) is 8.70. The van der Waals surface area contributed by atoms with Crippen LogP contribution in [0.3, 0.4) is 0 Å². The smallest absolute Gasteiger partial charge is 0.244 e. The van der Waals surface area contributed by atoms with E-state index in [9.17, 15) is 8.42 Å². The Morgan fingerprint density at radius 3 is 2.70 bits per heavy atom. The first-order valence-electron chi connectivity index (χ1n) is 6.85. The SMILES string of the molecule is CC1CCCCCN1S(=O)(=O)c1ccccc1C(N)=S. The zero-order valence-corrected chi connectivity index (χ0v) is 13.2. The molecule has 2 N–H and O–H groups in total. The molecule has 6 heteroatoms. The maximum absolute atomic E-state index is 12.9. The van der Waals surface area contributed by atoms with Crippen molar-refractivity contribution >= 4 is 27.2 Å². The molecule has 1 aliphatic heterocycles. The van der Waals surface area contributed by atoms with E-state index in [1.807, 2.05) is 6.92 Å². The predicted octanol–water partition coefficient (Wildman–Crippen LogP) is 2.27. The first-order chi connectivity index (χ1) is 9.44. The fraction of sp³-hybridized carbons (Fsp3) is 0.500. The van der Waals surface area contributed by atoms with E-state index in [0.717, 1.165) is 25.7 Å². The van der Waals surface area contributed by atoms with Crippen LogP contribution in [0.2, 0.25) is 0 Å². The van der Waals surface area contributed by atoms with E-state index in [4.69, 9.17) is 18.0 Å². The molecular formula is C14H20N2O2S2. The molecule has 1 heterocycles. The maximum Gasteiger partial charge on any atom is 0.244 e. The van der Waals surface area contributed by atoms with Crippen LogP contribution in [-0.4, -0.2) is 30.3 Å². The van der Waals surface area contributed by atoms with E-state index < -0.39 is 10.0 Å². The first kappa shape index (κ1) is 15.4. The molecule has 0 aromatic heterocycles. The van der Waals surface area contributed by atoms with Crippen molar-refractivity contribution in [3.05, 3.63) is 29.8 Å². The summed E-state index contributed by atoms with van der Waals surface area (Å²) in [5.41, 5.74) is 6.08. The van der Waals surface area contributed by atoms with Crippen molar-refractivity contribution in [3.8, 4) is 0 Å². The molecular weight excluding hydrogens is 292 g/mol. The van der Waals surface area contributed by atoms with E-state index in [-0.39, 0.29) is 15.9 Å². The van der Waals surface area contributed by atoms with Crippen molar-refractivity contribution in [3.63, 3.8) is 0 Å². The van der Waals surface area contributed by atoms with Gasteiger partial charge in [-0.05, 0) is 25.8 Å². The second-order valence-corrected chi connectivity index (χ2v) is 7.47. The van der Waals surface area contributed by atoms with E-state index in [0.29, 0.717) is 12.1 Å². The number of nitrogens with zero attached hydrogens (tertiary/aromatic N) is 1. The van der Waals surface area contributed by atoms with Gasteiger partial charge in [0.05, 0.1) is 4.90 Å². The molecule has 1 atom stereocenters. The Labute approximate surface area is 126 Å². The molecule has 1 saturated heterocycles. The molecule has 1 unspecified atom stereocenters. The topological polar surface area (TPSA) is 63.4 Å². The van der Waals surface area contributed by atoms with Crippen molar-refractivity contribution < 1.29 is 8.42 Å². The molecule has 0 aliphatic carbocycles. The molecule has 2 rings (SSSR count). The number of hydrogen-bond donors (Lipinski definition) is 1. The lowest BCUT2D eigenvalue weighted by Gasteiger charge is -2.27. The third kappa shape index (κ3) is 3.02. The highest BCUT2D eigenvalue weighted by Gasteiger charge is 2.31. The van der Waals surface area contributed by atoms with Gasteiger partial charge in [0.1, 0.15) is 4.99 Å². The van der Waals surface area contributed by atoms with Gasteiger partial charge in [0.25, 0.3) is 0 Å². The third-order valence-corrected chi connectivity index (χ3v) is 6.02. The highest BCUT2D eigenvalue weighted by atomic mass is 32.2. The summed E-state index contributed by atoms with van der Waals surface area (Å²) in [5.74, 6) is 0. The Bertz CT molecular complexity index is 599. The van der Waals surface area contributed by atoms with E-state index in [1.54, 1.807) is 28.6 Å². The molecule has 0 bridgehead atoms. The van der Waals surface area contributed by atoms with Crippen molar-refractivity contribution in [1.29, 1.82) is 0 Å². The van der Waals surface area contributed by atoms with Crippen LogP contribution in [0.5, 0.6) is 0 Å². The molecule has 0 amide bonds. The molecule has 0 spiro atoms. The molecule has 110 valence electrons. The van der Waals surface area contributed by atoms with Gasteiger partial charge in [0.15, 0.2) is 0 Å². The molecule has 1 aromatic carbocycles. The average molecular weight is 312 g/mol. The minimum Gasteiger partial charge on any atom is -0.389 e. The molecule has 1 aliphatic rings. The number of benzene rings is 1. The van der Waals surface area contributed by atoms with Gasteiger partial charge in [0.2, 0.25) is 10.0 Å². The Hall–Kier alpha value is -0.980. The Balaban J connectivity index is 2.46. The summed E-state index contributed by atoms with van der Waals surface area (Å²) in [4.78, 5) is 0.341. The van der Waals surface area contributed by atoms with Crippen LogP contribution in [0, 0.1) is 0 Å². The third-order valence-electron chi connectivity index (χ3n) is 3.73. The van der Waals surface area contributed by atoms with Crippen molar-refractivity contribution in [1.82, 2.24) is 4.31 Å². The van der Waals surface area contributed by atoms with Crippen LogP contribution >= 0.6 is 12.2 Å². The Kier molecular flexibility index (Phi) is 4.78. The quantitative estimate of drug-likeness (QED) is 0.870. The number of hydrogen-bond acceptors (Lipinski definition) is 3. The summed E-state index contributed by atoms with van der Waals surface area (Å²) >= 11 is 4.97. The van der Waals surface area contributed by atoms with Crippen molar-refractivity contribution in [2.45, 2.75) is 43.5 Å². The van der Waals surface area contributed by atoms with Gasteiger partial charge in [-0.15, -0.1) is 0 Å². The van der Waals surface area contributed by atoms with E-state index >= 15 is 0 Å². The van der Waals surface area contributed by atoms with Crippen LogP contribution in [0.15, 0.2) is 29.2 Å². The predicted molar refractivity (Wildman–Crippen MR) is 84.2 cm³/mol. The highest BCUT2D eigenvalue weighted by molar-refractivity contribution is 7.89. The monoisotopic (exact) mass is 312 g/mol. The van der Waals surface area contributed by atoms with E-state index in [1.165, 1.54) is 0 Å².